The Kier molecular flexibility index (Phi) is 6.44. The second-order valence-corrected chi connectivity index (χ2v) is 4.65. The second-order valence-electron chi connectivity index (χ2n) is 4.65. The molecule has 0 aliphatic rings. The van der Waals surface area contributed by atoms with Gasteiger partial charge < -0.3 is 9.47 Å². The van der Waals surface area contributed by atoms with Crippen molar-refractivity contribution in [3.63, 3.8) is 0 Å². The Hall–Kier alpha value is -1.35. The summed E-state index contributed by atoms with van der Waals surface area (Å²) >= 11 is 0. The molecule has 1 aromatic rings. The molecule has 0 saturated heterocycles. The van der Waals surface area contributed by atoms with Gasteiger partial charge in [-0.2, -0.15) is 0 Å². The van der Waals surface area contributed by atoms with Crippen molar-refractivity contribution in [3.05, 3.63) is 35.9 Å². The molecule has 3 heteroatoms. The Morgan fingerprint density at radius 3 is 2.39 bits per heavy atom. The van der Waals surface area contributed by atoms with Crippen LogP contribution in [0.2, 0.25) is 0 Å². The van der Waals surface area contributed by atoms with E-state index >= 15 is 0 Å². The maximum absolute atomic E-state index is 11.9. The summed E-state index contributed by atoms with van der Waals surface area (Å²) in [5.41, 5.74) is 0.944. The molecule has 0 radical (unpaired) electrons. The zero-order valence-electron chi connectivity index (χ0n) is 11.4. The Morgan fingerprint density at radius 1 is 1.17 bits per heavy atom. The van der Waals surface area contributed by atoms with E-state index in [2.05, 4.69) is 13.8 Å². The summed E-state index contributed by atoms with van der Waals surface area (Å²) < 4.78 is 10.7. The third-order valence-corrected chi connectivity index (χ3v) is 2.51. The molecule has 0 spiro atoms. The van der Waals surface area contributed by atoms with Crippen molar-refractivity contribution in [1.29, 1.82) is 0 Å². The normalized spacial score (nSPS) is 12.4. The Balaban J connectivity index is 2.66. The van der Waals surface area contributed by atoms with Gasteiger partial charge in [0, 0.05) is 6.61 Å². The fourth-order valence-corrected chi connectivity index (χ4v) is 1.65. The lowest BCUT2D eigenvalue weighted by Crippen LogP contribution is -2.22. The van der Waals surface area contributed by atoms with Crippen LogP contribution in [0.1, 0.15) is 32.3 Å². The van der Waals surface area contributed by atoms with E-state index in [1.807, 2.05) is 37.3 Å². The number of esters is 1. The van der Waals surface area contributed by atoms with Gasteiger partial charge in [-0.05, 0) is 18.4 Å². The highest BCUT2D eigenvalue weighted by Gasteiger charge is 2.22. The molecule has 18 heavy (non-hydrogen) atoms. The van der Waals surface area contributed by atoms with Crippen molar-refractivity contribution >= 4 is 5.97 Å². The quantitative estimate of drug-likeness (QED) is 0.698. The summed E-state index contributed by atoms with van der Waals surface area (Å²) in [5, 5.41) is 0. The SMILES string of the molecule is CCOC(=O)C(COCC(C)C)c1ccccc1. The Labute approximate surface area is 109 Å². The fraction of sp³-hybridized carbons (Fsp3) is 0.533. The third-order valence-electron chi connectivity index (χ3n) is 2.51. The zero-order valence-corrected chi connectivity index (χ0v) is 11.4. The summed E-state index contributed by atoms with van der Waals surface area (Å²) in [7, 11) is 0. The minimum atomic E-state index is -0.329. The molecule has 0 aliphatic carbocycles. The molecule has 0 saturated carbocycles. The van der Waals surface area contributed by atoms with Gasteiger partial charge in [0.15, 0.2) is 0 Å². The van der Waals surface area contributed by atoms with Gasteiger partial charge in [0.05, 0.1) is 13.2 Å². The van der Waals surface area contributed by atoms with E-state index in [1.165, 1.54) is 0 Å². The average molecular weight is 250 g/mol. The van der Waals surface area contributed by atoms with Crippen LogP contribution in [0.4, 0.5) is 0 Å². The predicted molar refractivity (Wildman–Crippen MR) is 71.5 cm³/mol. The molecule has 0 aliphatic heterocycles. The molecule has 1 rings (SSSR count). The average Bonchev–Trinajstić information content (AvgIpc) is 2.35. The maximum Gasteiger partial charge on any atom is 0.315 e. The van der Waals surface area contributed by atoms with Crippen LogP contribution in [-0.2, 0) is 14.3 Å². The second kappa shape index (κ2) is 7.88. The van der Waals surface area contributed by atoms with E-state index in [0.29, 0.717) is 25.7 Å². The first-order valence-electron chi connectivity index (χ1n) is 6.44. The van der Waals surface area contributed by atoms with Crippen LogP contribution in [0.25, 0.3) is 0 Å². The molecule has 1 unspecified atom stereocenters. The molecule has 1 aromatic carbocycles. The van der Waals surface area contributed by atoms with E-state index in [0.717, 1.165) is 5.56 Å². The van der Waals surface area contributed by atoms with Crippen LogP contribution in [0.5, 0.6) is 0 Å². The van der Waals surface area contributed by atoms with Crippen molar-refractivity contribution in [2.24, 2.45) is 5.92 Å². The van der Waals surface area contributed by atoms with E-state index in [1.54, 1.807) is 0 Å². The Morgan fingerprint density at radius 2 is 1.83 bits per heavy atom. The van der Waals surface area contributed by atoms with E-state index in [9.17, 15) is 4.79 Å². The van der Waals surface area contributed by atoms with Gasteiger partial charge in [-0.1, -0.05) is 44.2 Å². The number of benzene rings is 1. The summed E-state index contributed by atoms with van der Waals surface area (Å²) in [6, 6.07) is 9.63. The lowest BCUT2D eigenvalue weighted by molar-refractivity contribution is -0.146. The van der Waals surface area contributed by atoms with Crippen LogP contribution in [0.15, 0.2) is 30.3 Å². The largest absolute Gasteiger partial charge is 0.465 e. The number of hydrogen-bond acceptors (Lipinski definition) is 3. The van der Waals surface area contributed by atoms with Gasteiger partial charge in [-0.3, -0.25) is 4.79 Å². The van der Waals surface area contributed by atoms with Crippen LogP contribution in [-0.4, -0.2) is 25.8 Å². The number of carbonyl (C=O) groups is 1. The van der Waals surface area contributed by atoms with Gasteiger partial charge in [-0.25, -0.2) is 0 Å². The van der Waals surface area contributed by atoms with Crippen LogP contribution in [0, 0.1) is 5.92 Å². The Bertz CT molecular complexity index is 346. The van der Waals surface area contributed by atoms with E-state index in [4.69, 9.17) is 9.47 Å². The summed E-state index contributed by atoms with van der Waals surface area (Å²) in [6.45, 7) is 7.41. The lowest BCUT2D eigenvalue weighted by atomic mass is 10.0. The first kappa shape index (κ1) is 14.7. The third kappa shape index (κ3) is 4.88. The summed E-state index contributed by atoms with van der Waals surface area (Å²) in [6.07, 6.45) is 0. The molecule has 0 fully saturated rings. The number of ether oxygens (including phenoxy) is 2. The number of hydrogen-bond donors (Lipinski definition) is 0. The molecule has 0 amide bonds. The molecule has 0 aromatic heterocycles. The molecule has 3 nitrogen and oxygen atoms in total. The number of rotatable bonds is 7. The standard InChI is InChI=1S/C15H22O3/c1-4-18-15(16)14(11-17-10-12(2)3)13-8-6-5-7-9-13/h5-9,12,14H,4,10-11H2,1-3H3. The molecule has 0 bridgehead atoms. The monoisotopic (exact) mass is 250 g/mol. The van der Waals surface area contributed by atoms with Crippen molar-refractivity contribution in [3.8, 4) is 0 Å². The van der Waals surface area contributed by atoms with Gasteiger partial charge in [0.2, 0.25) is 0 Å². The molecule has 100 valence electrons. The van der Waals surface area contributed by atoms with Crippen LogP contribution in [0.3, 0.4) is 0 Å². The summed E-state index contributed by atoms with van der Waals surface area (Å²) in [4.78, 5) is 11.9. The van der Waals surface area contributed by atoms with Crippen molar-refractivity contribution in [2.45, 2.75) is 26.7 Å². The molecular weight excluding hydrogens is 228 g/mol. The minimum Gasteiger partial charge on any atom is -0.465 e. The van der Waals surface area contributed by atoms with Crippen molar-refractivity contribution < 1.29 is 14.3 Å². The molecule has 1 atom stereocenters. The fourth-order valence-electron chi connectivity index (χ4n) is 1.65. The highest BCUT2D eigenvalue weighted by Crippen LogP contribution is 2.18. The van der Waals surface area contributed by atoms with Gasteiger partial charge in [-0.15, -0.1) is 0 Å². The van der Waals surface area contributed by atoms with Crippen molar-refractivity contribution in [2.75, 3.05) is 19.8 Å². The lowest BCUT2D eigenvalue weighted by Gasteiger charge is -2.17. The zero-order chi connectivity index (χ0) is 13.4. The highest BCUT2D eigenvalue weighted by atomic mass is 16.5. The first-order chi connectivity index (χ1) is 8.65. The predicted octanol–water partition coefficient (Wildman–Crippen LogP) is 3.01. The first-order valence-corrected chi connectivity index (χ1v) is 6.44. The van der Waals surface area contributed by atoms with Crippen LogP contribution < -0.4 is 0 Å². The molecule has 0 N–H and O–H groups in total. The topological polar surface area (TPSA) is 35.5 Å². The van der Waals surface area contributed by atoms with E-state index in [-0.39, 0.29) is 11.9 Å². The minimum absolute atomic E-state index is 0.215. The highest BCUT2D eigenvalue weighted by molar-refractivity contribution is 5.78. The number of carbonyl (C=O) groups excluding carboxylic acids is 1. The van der Waals surface area contributed by atoms with Gasteiger partial charge in [0.25, 0.3) is 0 Å². The smallest absolute Gasteiger partial charge is 0.315 e. The van der Waals surface area contributed by atoms with Gasteiger partial charge >= 0.3 is 5.97 Å². The maximum atomic E-state index is 11.9. The molecular formula is C15H22O3. The van der Waals surface area contributed by atoms with Crippen LogP contribution >= 0.6 is 0 Å². The molecule has 0 heterocycles. The van der Waals surface area contributed by atoms with Gasteiger partial charge in [0.1, 0.15) is 5.92 Å². The van der Waals surface area contributed by atoms with E-state index < -0.39 is 0 Å². The van der Waals surface area contributed by atoms with Crippen molar-refractivity contribution in [1.82, 2.24) is 0 Å². The summed E-state index contributed by atoms with van der Waals surface area (Å²) in [5.74, 6) is -0.0824.